The van der Waals surface area contributed by atoms with E-state index in [1.807, 2.05) is 55.4 Å². The molecule has 1 aliphatic heterocycles. The van der Waals surface area contributed by atoms with Crippen LogP contribution in [0.5, 0.6) is 11.5 Å². The molecule has 2 N–H and O–H groups in total. The van der Waals surface area contributed by atoms with Gasteiger partial charge in [-0.2, -0.15) is 5.10 Å². The SMILES string of the molecule is CN(C)[C@H](CNC(=O)c1cc(-c2ccccn2)n[nH]1)c1ccc2c(c1)OCO2. The number of pyridine rings is 1. The fourth-order valence-electron chi connectivity index (χ4n) is 3.09. The van der Waals surface area contributed by atoms with E-state index >= 15 is 0 Å². The molecule has 0 bridgehead atoms. The third kappa shape index (κ3) is 3.67. The van der Waals surface area contributed by atoms with Gasteiger partial charge in [-0.05, 0) is 50.0 Å². The number of amides is 1. The van der Waals surface area contributed by atoms with Crippen LogP contribution in [0.2, 0.25) is 0 Å². The number of likely N-dealkylation sites (N-methyl/N-ethyl adjacent to an activating group) is 1. The minimum atomic E-state index is -0.220. The highest BCUT2D eigenvalue weighted by Gasteiger charge is 2.21. The number of aromatic amines is 1. The lowest BCUT2D eigenvalue weighted by Crippen LogP contribution is -2.34. The second-order valence-corrected chi connectivity index (χ2v) is 6.68. The van der Waals surface area contributed by atoms with E-state index in [0.717, 1.165) is 17.1 Å². The summed E-state index contributed by atoms with van der Waals surface area (Å²) >= 11 is 0. The van der Waals surface area contributed by atoms with Gasteiger partial charge in [0.25, 0.3) is 5.91 Å². The predicted octanol–water partition coefficient (Wildman–Crippen LogP) is 2.23. The Kier molecular flexibility index (Phi) is 4.94. The minimum Gasteiger partial charge on any atom is -0.454 e. The number of fused-ring (bicyclic) bond motifs is 1. The summed E-state index contributed by atoms with van der Waals surface area (Å²) in [6, 6.07) is 13.1. The summed E-state index contributed by atoms with van der Waals surface area (Å²) in [6.45, 7) is 0.671. The molecule has 2 aromatic heterocycles. The molecular weight excluding hydrogens is 358 g/mol. The normalized spacial score (nSPS) is 13.5. The highest BCUT2D eigenvalue weighted by molar-refractivity contribution is 5.93. The topological polar surface area (TPSA) is 92.4 Å². The number of nitrogens with one attached hydrogen (secondary N) is 2. The first kappa shape index (κ1) is 18.0. The largest absolute Gasteiger partial charge is 0.454 e. The molecule has 1 aliphatic rings. The van der Waals surface area contributed by atoms with Gasteiger partial charge in [0.2, 0.25) is 6.79 Å². The van der Waals surface area contributed by atoms with E-state index in [9.17, 15) is 4.79 Å². The van der Waals surface area contributed by atoms with E-state index in [1.54, 1.807) is 12.3 Å². The lowest BCUT2D eigenvalue weighted by molar-refractivity contribution is 0.0937. The van der Waals surface area contributed by atoms with Gasteiger partial charge in [0.15, 0.2) is 11.5 Å². The molecule has 0 unspecified atom stereocenters. The van der Waals surface area contributed by atoms with Gasteiger partial charge < -0.3 is 19.7 Å². The van der Waals surface area contributed by atoms with E-state index in [2.05, 4.69) is 20.5 Å². The van der Waals surface area contributed by atoms with Crippen molar-refractivity contribution in [1.29, 1.82) is 0 Å². The van der Waals surface area contributed by atoms with Crippen molar-refractivity contribution in [3.63, 3.8) is 0 Å². The first-order valence-corrected chi connectivity index (χ1v) is 8.93. The number of aromatic nitrogens is 3. The van der Waals surface area contributed by atoms with Crippen LogP contribution >= 0.6 is 0 Å². The summed E-state index contributed by atoms with van der Waals surface area (Å²) < 4.78 is 10.8. The van der Waals surface area contributed by atoms with Crippen molar-refractivity contribution in [2.75, 3.05) is 27.4 Å². The molecule has 0 spiro atoms. The third-order valence-corrected chi connectivity index (χ3v) is 4.61. The molecule has 0 radical (unpaired) electrons. The lowest BCUT2D eigenvalue weighted by Gasteiger charge is -2.25. The third-order valence-electron chi connectivity index (χ3n) is 4.61. The molecular formula is C20H21N5O3. The van der Waals surface area contributed by atoms with E-state index < -0.39 is 0 Å². The van der Waals surface area contributed by atoms with Crippen LogP contribution in [0.25, 0.3) is 11.4 Å². The Labute approximate surface area is 162 Å². The summed E-state index contributed by atoms with van der Waals surface area (Å²) in [4.78, 5) is 18.9. The van der Waals surface area contributed by atoms with Crippen molar-refractivity contribution in [3.8, 4) is 22.9 Å². The Morgan fingerprint density at radius 3 is 2.82 bits per heavy atom. The quantitative estimate of drug-likeness (QED) is 0.682. The summed E-state index contributed by atoms with van der Waals surface area (Å²) in [5.74, 6) is 1.25. The Hall–Kier alpha value is -3.39. The van der Waals surface area contributed by atoms with Crippen molar-refractivity contribution in [2.45, 2.75) is 6.04 Å². The number of nitrogens with zero attached hydrogens (tertiary/aromatic N) is 3. The molecule has 144 valence electrons. The van der Waals surface area contributed by atoms with Crippen LogP contribution < -0.4 is 14.8 Å². The standard InChI is InChI=1S/C20H21N5O3/c1-25(2)17(13-6-7-18-19(9-13)28-12-27-18)11-22-20(26)16-10-15(23-24-16)14-5-3-4-8-21-14/h3-10,17H,11-12H2,1-2H3,(H,22,26)(H,23,24)/t17-/m1/s1. The Morgan fingerprint density at radius 1 is 1.18 bits per heavy atom. The van der Waals surface area contributed by atoms with Crippen molar-refractivity contribution in [3.05, 3.63) is 59.9 Å². The lowest BCUT2D eigenvalue weighted by atomic mass is 10.1. The van der Waals surface area contributed by atoms with Crippen LogP contribution in [0.15, 0.2) is 48.7 Å². The van der Waals surface area contributed by atoms with Crippen LogP contribution in [-0.4, -0.2) is 53.4 Å². The maximum Gasteiger partial charge on any atom is 0.269 e. The van der Waals surface area contributed by atoms with E-state index in [-0.39, 0.29) is 18.7 Å². The second kappa shape index (κ2) is 7.69. The average Bonchev–Trinajstić information content (AvgIpc) is 3.38. The molecule has 1 amide bonds. The fourth-order valence-corrected chi connectivity index (χ4v) is 3.09. The zero-order chi connectivity index (χ0) is 19.5. The fraction of sp³-hybridized carbons (Fsp3) is 0.250. The van der Waals surface area contributed by atoms with Gasteiger partial charge in [0, 0.05) is 12.7 Å². The molecule has 0 saturated heterocycles. The molecule has 3 heterocycles. The van der Waals surface area contributed by atoms with Crippen LogP contribution in [0, 0.1) is 0 Å². The van der Waals surface area contributed by atoms with Crippen molar-refractivity contribution in [1.82, 2.24) is 25.4 Å². The van der Waals surface area contributed by atoms with E-state index in [1.165, 1.54) is 0 Å². The number of rotatable bonds is 6. The smallest absolute Gasteiger partial charge is 0.269 e. The number of carbonyl (C=O) groups is 1. The van der Waals surface area contributed by atoms with Crippen LogP contribution in [0.1, 0.15) is 22.1 Å². The van der Waals surface area contributed by atoms with Crippen LogP contribution in [-0.2, 0) is 0 Å². The molecule has 28 heavy (non-hydrogen) atoms. The van der Waals surface area contributed by atoms with Gasteiger partial charge >= 0.3 is 0 Å². The first-order valence-electron chi connectivity index (χ1n) is 8.93. The zero-order valence-corrected chi connectivity index (χ0v) is 15.7. The second-order valence-electron chi connectivity index (χ2n) is 6.68. The summed E-state index contributed by atoms with van der Waals surface area (Å²) in [6.07, 6.45) is 1.69. The van der Waals surface area contributed by atoms with Crippen molar-refractivity contribution in [2.24, 2.45) is 0 Å². The molecule has 1 aromatic carbocycles. The molecule has 0 fully saturated rings. The first-order chi connectivity index (χ1) is 13.6. The summed E-state index contributed by atoms with van der Waals surface area (Å²) in [7, 11) is 3.94. The van der Waals surface area contributed by atoms with Gasteiger partial charge in [0.1, 0.15) is 11.4 Å². The number of hydrogen-bond donors (Lipinski definition) is 2. The Morgan fingerprint density at radius 2 is 2.04 bits per heavy atom. The molecule has 4 rings (SSSR count). The van der Waals surface area contributed by atoms with Crippen molar-refractivity contribution < 1.29 is 14.3 Å². The average molecular weight is 379 g/mol. The van der Waals surface area contributed by atoms with Crippen LogP contribution in [0.3, 0.4) is 0 Å². The Balaban J connectivity index is 1.45. The highest BCUT2D eigenvalue weighted by atomic mass is 16.7. The number of carbonyl (C=O) groups excluding carboxylic acids is 1. The van der Waals surface area contributed by atoms with Gasteiger partial charge in [-0.25, -0.2) is 0 Å². The van der Waals surface area contributed by atoms with Crippen molar-refractivity contribution >= 4 is 5.91 Å². The van der Waals surface area contributed by atoms with Gasteiger partial charge in [-0.1, -0.05) is 12.1 Å². The summed E-state index contributed by atoms with van der Waals surface area (Å²) in [5, 5.41) is 9.92. The molecule has 8 nitrogen and oxygen atoms in total. The van der Waals surface area contributed by atoms with Gasteiger partial charge in [0.05, 0.1) is 11.7 Å². The maximum atomic E-state index is 12.6. The monoisotopic (exact) mass is 379 g/mol. The maximum absolute atomic E-state index is 12.6. The van der Waals surface area contributed by atoms with Gasteiger partial charge in [-0.15, -0.1) is 0 Å². The number of benzene rings is 1. The number of H-pyrrole nitrogens is 1. The molecule has 0 saturated carbocycles. The van der Waals surface area contributed by atoms with E-state index in [4.69, 9.17) is 9.47 Å². The highest BCUT2D eigenvalue weighted by Crippen LogP contribution is 2.34. The van der Waals surface area contributed by atoms with Crippen LogP contribution in [0.4, 0.5) is 0 Å². The molecule has 0 aliphatic carbocycles. The Bertz CT molecular complexity index is 971. The molecule has 3 aromatic rings. The van der Waals surface area contributed by atoms with Gasteiger partial charge in [-0.3, -0.25) is 14.9 Å². The summed E-state index contributed by atoms with van der Waals surface area (Å²) in [5.41, 5.74) is 2.77. The van der Waals surface area contributed by atoms with E-state index in [0.29, 0.717) is 23.6 Å². The molecule has 1 atom stereocenters. The zero-order valence-electron chi connectivity index (χ0n) is 15.7. The predicted molar refractivity (Wildman–Crippen MR) is 103 cm³/mol. The minimum absolute atomic E-state index is 0.0170. The molecule has 8 heteroatoms. The number of hydrogen-bond acceptors (Lipinski definition) is 6. The number of ether oxygens (including phenoxy) is 2.